The quantitative estimate of drug-likeness (QED) is 0.112. The molecule has 0 radical (unpaired) electrons. The summed E-state index contributed by atoms with van der Waals surface area (Å²) in [6.45, 7) is 21.2. The molecule has 1 N–H and O–H groups in total. The van der Waals surface area contributed by atoms with Crippen LogP contribution in [0.5, 0.6) is 0 Å². The Morgan fingerprint density at radius 2 is 1.11 bits per heavy atom. The van der Waals surface area contributed by atoms with E-state index in [-0.39, 0.29) is 34.0 Å². The van der Waals surface area contributed by atoms with Crippen molar-refractivity contribution in [2.75, 3.05) is 6.61 Å². The molecule has 1 fully saturated rings. The van der Waals surface area contributed by atoms with Gasteiger partial charge in [-0.3, -0.25) is 4.79 Å². The highest BCUT2D eigenvalue weighted by atomic mass is 28.4. The molecule has 0 aromatic heterocycles. The van der Waals surface area contributed by atoms with E-state index in [4.69, 9.17) is 8.85 Å². The van der Waals surface area contributed by atoms with Crippen LogP contribution >= 0.6 is 0 Å². The zero-order valence-corrected chi connectivity index (χ0v) is 33.6. The fourth-order valence-electron chi connectivity index (χ4n) is 7.10. The van der Waals surface area contributed by atoms with Gasteiger partial charge in [-0.2, -0.15) is 0 Å². The number of carbonyl (C=O) groups is 1. The Labute approximate surface area is 291 Å². The van der Waals surface area contributed by atoms with E-state index in [2.05, 4.69) is 128 Å². The van der Waals surface area contributed by atoms with Crippen LogP contribution in [0.1, 0.15) is 132 Å². The summed E-state index contributed by atoms with van der Waals surface area (Å²) in [7, 11) is -4.88. The predicted molar refractivity (Wildman–Crippen MR) is 207 cm³/mol. The summed E-state index contributed by atoms with van der Waals surface area (Å²) in [6.07, 6.45) is 16.6. The number of unbranched alkanes of at least 4 members (excludes halogenated alkanes) is 11. The van der Waals surface area contributed by atoms with Gasteiger partial charge in [0.25, 0.3) is 8.32 Å². The first kappa shape index (κ1) is 39.7. The van der Waals surface area contributed by atoms with Crippen molar-refractivity contribution in [1.29, 1.82) is 0 Å². The molecule has 0 spiro atoms. The first-order valence-electron chi connectivity index (χ1n) is 19.0. The van der Waals surface area contributed by atoms with Gasteiger partial charge < -0.3 is 14.2 Å². The van der Waals surface area contributed by atoms with Crippen LogP contribution in [0.15, 0.2) is 60.7 Å². The summed E-state index contributed by atoms with van der Waals surface area (Å²) >= 11 is 0. The van der Waals surface area contributed by atoms with Crippen LogP contribution < -0.4 is 15.7 Å². The molecule has 1 aliphatic rings. The third-order valence-electron chi connectivity index (χ3n) is 11.0. The second-order valence-corrected chi connectivity index (χ2v) is 25.8. The van der Waals surface area contributed by atoms with Gasteiger partial charge >= 0.3 is 0 Å². The van der Waals surface area contributed by atoms with E-state index < -0.39 is 16.6 Å². The molecule has 1 aliphatic heterocycles. The van der Waals surface area contributed by atoms with Gasteiger partial charge in [-0.1, -0.05) is 186 Å². The molecule has 47 heavy (non-hydrogen) atoms. The molecule has 2 aromatic rings. The van der Waals surface area contributed by atoms with Crippen molar-refractivity contribution >= 4 is 32.9 Å². The summed E-state index contributed by atoms with van der Waals surface area (Å²) in [5, 5.41) is 5.86. The molecular formula is C41H69NO3Si2. The number of benzene rings is 2. The Morgan fingerprint density at radius 3 is 1.53 bits per heavy atom. The second-order valence-electron chi connectivity index (χ2n) is 16.7. The summed E-state index contributed by atoms with van der Waals surface area (Å²) in [5.41, 5.74) is 0. The first-order chi connectivity index (χ1) is 22.2. The van der Waals surface area contributed by atoms with Crippen molar-refractivity contribution in [2.24, 2.45) is 5.92 Å². The molecule has 0 aliphatic carbocycles. The van der Waals surface area contributed by atoms with Gasteiger partial charge in [-0.15, -0.1) is 0 Å². The van der Waals surface area contributed by atoms with Gasteiger partial charge in [0.05, 0.1) is 24.7 Å². The molecule has 6 heteroatoms. The van der Waals surface area contributed by atoms with Gasteiger partial charge in [-0.25, -0.2) is 0 Å². The minimum atomic E-state index is -2.74. The van der Waals surface area contributed by atoms with Crippen molar-refractivity contribution in [3.05, 3.63) is 60.7 Å². The van der Waals surface area contributed by atoms with E-state index in [1.54, 1.807) is 0 Å². The molecule has 0 unspecified atom stereocenters. The summed E-state index contributed by atoms with van der Waals surface area (Å²) < 4.78 is 14.5. The van der Waals surface area contributed by atoms with Crippen molar-refractivity contribution in [2.45, 2.75) is 167 Å². The Morgan fingerprint density at radius 1 is 0.660 bits per heavy atom. The van der Waals surface area contributed by atoms with Crippen molar-refractivity contribution in [1.82, 2.24) is 5.32 Å². The number of rotatable bonds is 20. The maximum Gasteiger partial charge on any atom is 0.261 e. The Hall–Kier alpha value is -1.74. The first-order valence-corrected chi connectivity index (χ1v) is 23.8. The van der Waals surface area contributed by atoms with Crippen LogP contribution in [0.25, 0.3) is 0 Å². The SMILES string of the molecule is CCCCCCCCCCCCCC[C@@H]1C(=O)N[C@@H](CO[Si](c2ccccc2)(c2ccccc2)C(C)(C)C)[C@@H]1O[Si](C)(C)C(C)(C)C. The number of hydrogen-bond acceptors (Lipinski definition) is 3. The molecule has 0 saturated carbocycles. The van der Waals surface area contributed by atoms with Gasteiger partial charge in [0, 0.05) is 0 Å². The minimum absolute atomic E-state index is 0.0581. The predicted octanol–water partition coefficient (Wildman–Crippen LogP) is 10.2. The van der Waals surface area contributed by atoms with E-state index in [9.17, 15) is 4.79 Å². The molecular weight excluding hydrogens is 611 g/mol. The molecule has 4 nitrogen and oxygen atoms in total. The maximum atomic E-state index is 13.7. The van der Waals surface area contributed by atoms with Crippen molar-refractivity contribution in [3.63, 3.8) is 0 Å². The van der Waals surface area contributed by atoms with Gasteiger partial charge in [0.15, 0.2) is 8.32 Å². The van der Waals surface area contributed by atoms with Crippen LogP contribution in [-0.4, -0.2) is 41.3 Å². The topological polar surface area (TPSA) is 47.6 Å². The van der Waals surface area contributed by atoms with Gasteiger partial charge in [0.1, 0.15) is 0 Å². The second kappa shape index (κ2) is 18.3. The zero-order valence-electron chi connectivity index (χ0n) is 31.6. The number of carbonyl (C=O) groups excluding carboxylic acids is 1. The largest absolute Gasteiger partial charge is 0.411 e. The highest BCUT2D eigenvalue weighted by Gasteiger charge is 2.53. The third kappa shape index (κ3) is 10.9. The lowest BCUT2D eigenvalue weighted by Crippen LogP contribution is -2.67. The van der Waals surface area contributed by atoms with Crippen LogP contribution in [0.4, 0.5) is 0 Å². The number of amides is 1. The molecule has 3 rings (SSSR count). The van der Waals surface area contributed by atoms with Crippen molar-refractivity contribution < 1.29 is 13.6 Å². The lowest BCUT2D eigenvalue weighted by atomic mass is 9.94. The average Bonchev–Trinajstić information content (AvgIpc) is 3.30. The zero-order chi connectivity index (χ0) is 34.6. The average molecular weight is 680 g/mol. The standard InChI is InChI=1S/C41H69NO3Si2/c1-10-11-12-13-14-15-16-17-18-19-20-27-32-36-38(45-46(8,9)40(2,3)4)37(42-39(36)43)33-44-47(41(5,6)7,34-28-23-21-24-29-34)35-30-25-22-26-31-35/h21-26,28-31,36-38H,10-20,27,32-33H2,1-9H3,(H,42,43)/t36-,37-,38+/m0/s1. The fourth-order valence-corrected chi connectivity index (χ4v) is 13.0. The number of nitrogens with one attached hydrogen (secondary N) is 1. The van der Waals surface area contributed by atoms with Crippen LogP contribution in [0.3, 0.4) is 0 Å². The molecule has 1 amide bonds. The Bertz CT molecular complexity index is 1130. The normalized spacial score (nSPS) is 19.3. The summed E-state index contributed by atoms with van der Waals surface area (Å²) in [4.78, 5) is 13.7. The van der Waals surface area contributed by atoms with Gasteiger partial charge in [-0.05, 0) is 40.0 Å². The van der Waals surface area contributed by atoms with Crippen LogP contribution in [-0.2, 0) is 13.6 Å². The molecule has 3 atom stereocenters. The summed E-state index contributed by atoms with van der Waals surface area (Å²) in [6, 6.07) is 21.4. The monoisotopic (exact) mass is 679 g/mol. The van der Waals surface area contributed by atoms with Crippen LogP contribution in [0.2, 0.25) is 23.2 Å². The third-order valence-corrected chi connectivity index (χ3v) is 20.4. The van der Waals surface area contributed by atoms with Crippen LogP contribution in [0, 0.1) is 5.92 Å². The molecule has 0 bridgehead atoms. The molecule has 264 valence electrons. The number of hydrogen-bond donors (Lipinski definition) is 1. The van der Waals surface area contributed by atoms with E-state index in [0.717, 1.165) is 12.8 Å². The van der Waals surface area contributed by atoms with Gasteiger partial charge in [0.2, 0.25) is 5.91 Å². The lowest BCUT2D eigenvalue weighted by molar-refractivity contribution is -0.123. The van der Waals surface area contributed by atoms with E-state index in [1.165, 1.54) is 81.0 Å². The smallest absolute Gasteiger partial charge is 0.261 e. The Balaban J connectivity index is 1.72. The highest BCUT2D eigenvalue weighted by Crippen LogP contribution is 2.41. The van der Waals surface area contributed by atoms with Crippen molar-refractivity contribution in [3.8, 4) is 0 Å². The molecule has 1 saturated heterocycles. The lowest BCUT2D eigenvalue weighted by Gasteiger charge is -2.44. The molecule has 2 aromatic carbocycles. The molecule has 1 heterocycles. The fraction of sp³-hybridized carbons (Fsp3) is 0.683. The van der Waals surface area contributed by atoms with E-state index in [0.29, 0.717) is 6.61 Å². The highest BCUT2D eigenvalue weighted by molar-refractivity contribution is 6.99. The van der Waals surface area contributed by atoms with E-state index in [1.807, 2.05) is 0 Å². The summed E-state index contributed by atoms with van der Waals surface area (Å²) in [5.74, 6) is 0.0211. The maximum absolute atomic E-state index is 13.7. The van der Waals surface area contributed by atoms with E-state index >= 15 is 0 Å². The Kier molecular flexibility index (Phi) is 15.5. The minimum Gasteiger partial charge on any atom is -0.411 e.